The zero-order valence-electron chi connectivity index (χ0n) is 25.3. The van der Waals surface area contributed by atoms with Gasteiger partial charge < -0.3 is 43.5 Å². The van der Waals surface area contributed by atoms with Crippen LogP contribution in [0.2, 0.25) is 0 Å². The average molecular weight is 680 g/mol. The molecule has 1 aromatic carbocycles. The average Bonchev–Trinajstić information content (AvgIpc) is 3.74. The van der Waals surface area contributed by atoms with Crippen LogP contribution in [0.3, 0.4) is 0 Å². The number of nitro groups is 3. The molecule has 2 heterocycles. The Labute approximate surface area is 271 Å². The van der Waals surface area contributed by atoms with Gasteiger partial charge in [0.15, 0.2) is 13.2 Å². The molecule has 260 valence electrons. The molecule has 3 N–H and O–H groups in total. The molecule has 48 heavy (non-hydrogen) atoms. The van der Waals surface area contributed by atoms with Crippen molar-refractivity contribution >= 4 is 29.7 Å². The van der Waals surface area contributed by atoms with Crippen molar-refractivity contribution in [2.24, 2.45) is 0 Å². The molecule has 0 radical (unpaired) electrons. The minimum absolute atomic E-state index is 0.0565. The van der Waals surface area contributed by atoms with E-state index in [2.05, 4.69) is 18.5 Å². The molecule has 0 saturated carbocycles. The summed E-state index contributed by atoms with van der Waals surface area (Å²) in [5, 5.41) is 51.1. The van der Waals surface area contributed by atoms with E-state index in [1.165, 1.54) is 53.4 Å². The number of rotatable bonds is 16. The van der Waals surface area contributed by atoms with Gasteiger partial charge in [-0.15, -0.1) is 13.2 Å². The minimum Gasteiger partial charge on any atom is -0.441 e. The summed E-state index contributed by atoms with van der Waals surface area (Å²) in [6, 6.07) is 9.75. The summed E-state index contributed by atoms with van der Waals surface area (Å²) in [4.78, 5) is 53.5. The van der Waals surface area contributed by atoms with Crippen LogP contribution in [-0.2, 0) is 22.7 Å². The highest BCUT2D eigenvalue weighted by Crippen LogP contribution is 2.19. The van der Waals surface area contributed by atoms with Crippen molar-refractivity contribution in [1.29, 1.82) is 0 Å². The minimum atomic E-state index is -1.08. The van der Waals surface area contributed by atoms with Crippen molar-refractivity contribution in [3.05, 3.63) is 116 Å². The van der Waals surface area contributed by atoms with Gasteiger partial charge in [0.25, 0.3) is 5.69 Å². The van der Waals surface area contributed by atoms with E-state index < -0.39 is 38.8 Å². The number of nitrogens with zero attached hydrogens (tertiary/aromatic N) is 4. The molecular weight excluding hydrogens is 646 g/mol. The fourth-order valence-electron chi connectivity index (χ4n) is 3.02. The van der Waals surface area contributed by atoms with Gasteiger partial charge in [0.1, 0.15) is 27.1 Å². The molecule has 0 bridgehead atoms. The molecule has 0 saturated heterocycles. The Hall–Kier alpha value is -6.12. The SMILES string of the molecule is C=CCN(CCO)C(=O)OCc1ccc([N+](=O)[O-])o1.C=CCNCCO.O=C(OCc1ccc([N+](=O)[O-])o1)Oc1ccc([N+](=O)[O-])cc1. The monoisotopic (exact) mass is 679 g/mol. The highest BCUT2D eigenvalue weighted by atomic mass is 16.7. The first-order chi connectivity index (χ1) is 22.9. The Morgan fingerprint density at radius 3 is 1.81 bits per heavy atom. The van der Waals surface area contributed by atoms with Crippen LogP contribution in [0.25, 0.3) is 0 Å². The molecular formula is C28H33N5O15. The summed E-state index contributed by atoms with van der Waals surface area (Å²) >= 11 is 0. The van der Waals surface area contributed by atoms with Gasteiger partial charge in [0, 0.05) is 38.3 Å². The maximum absolute atomic E-state index is 11.6. The lowest BCUT2D eigenvalue weighted by Gasteiger charge is -2.18. The molecule has 2 aromatic heterocycles. The second kappa shape index (κ2) is 22.4. The van der Waals surface area contributed by atoms with Gasteiger partial charge in [-0.1, -0.05) is 12.2 Å². The molecule has 0 aliphatic rings. The highest BCUT2D eigenvalue weighted by Gasteiger charge is 2.17. The Kier molecular flexibility index (Phi) is 18.6. The number of nitrogens with one attached hydrogen (secondary N) is 1. The number of ether oxygens (including phenoxy) is 3. The van der Waals surface area contributed by atoms with Gasteiger partial charge in [-0.2, -0.15) is 0 Å². The summed E-state index contributed by atoms with van der Waals surface area (Å²) in [6.07, 6.45) is 1.52. The van der Waals surface area contributed by atoms with E-state index in [0.717, 1.165) is 12.6 Å². The van der Waals surface area contributed by atoms with Crippen LogP contribution in [0.5, 0.6) is 5.75 Å². The third kappa shape index (κ3) is 15.7. The maximum atomic E-state index is 11.6. The number of nitro benzene ring substituents is 1. The van der Waals surface area contributed by atoms with Crippen LogP contribution >= 0.6 is 0 Å². The molecule has 0 fully saturated rings. The van der Waals surface area contributed by atoms with E-state index >= 15 is 0 Å². The molecule has 0 spiro atoms. The van der Waals surface area contributed by atoms with E-state index in [9.17, 15) is 39.9 Å². The Balaban J connectivity index is 0.000000405. The largest absolute Gasteiger partial charge is 0.514 e. The first-order valence-electron chi connectivity index (χ1n) is 13.6. The van der Waals surface area contributed by atoms with Crippen LogP contribution in [0.1, 0.15) is 11.5 Å². The first-order valence-corrected chi connectivity index (χ1v) is 13.6. The van der Waals surface area contributed by atoms with Crippen LogP contribution < -0.4 is 10.1 Å². The van der Waals surface area contributed by atoms with Gasteiger partial charge in [-0.05, 0) is 24.3 Å². The second-order valence-electron chi connectivity index (χ2n) is 8.62. The molecule has 0 atom stereocenters. The zero-order chi connectivity index (χ0) is 35.9. The normalized spacial score (nSPS) is 9.79. The predicted molar refractivity (Wildman–Crippen MR) is 164 cm³/mol. The van der Waals surface area contributed by atoms with Crippen LogP contribution in [0, 0.1) is 30.3 Å². The van der Waals surface area contributed by atoms with E-state index in [-0.39, 0.29) is 62.5 Å². The Morgan fingerprint density at radius 1 is 0.812 bits per heavy atom. The lowest BCUT2D eigenvalue weighted by Crippen LogP contribution is -2.34. The number of amides is 1. The van der Waals surface area contributed by atoms with E-state index in [1.54, 1.807) is 6.08 Å². The second-order valence-corrected chi connectivity index (χ2v) is 8.62. The topological polar surface area (TPSA) is 273 Å². The third-order valence-electron chi connectivity index (χ3n) is 5.13. The fraction of sp³-hybridized carbons (Fsp3) is 0.286. The zero-order valence-corrected chi connectivity index (χ0v) is 25.3. The smallest absolute Gasteiger partial charge is 0.441 e. The molecule has 3 aromatic rings. The molecule has 20 nitrogen and oxygen atoms in total. The number of furan rings is 2. The summed E-state index contributed by atoms with van der Waals surface area (Å²) in [6.45, 7) is 8.19. The quantitative estimate of drug-likeness (QED) is 0.0484. The van der Waals surface area contributed by atoms with Crippen molar-refractivity contribution < 1.29 is 57.6 Å². The van der Waals surface area contributed by atoms with Crippen molar-refractivity contribution in [2.45, 2.75) is 13.2 Å². The third-order valence-corrected chi connectivity index (χ3v) is 5.13. The van der Waals surface area contributed by atoms with E-state index in [0.29, 0.717) is 6.54 Å². The lowest BCUT2D eigenvalue weighted by atomic mass is 10.3. The van der Waals surface area contributed by atoms with Crippen molar-refractivity contribution in [3.8, 4) is 5.75 Å². The first kappa shape index (κ1) is 39.9. The number of carbonyl (C=O) groups excluding carboxylic acids is 2. The van der Waals surface area contributed by atoms with Crippen LogP contribution in [0.15, 0.2) is 82.7 Å². The van der Waals surface area contributed by atoms with Crippen LogP contribution in [-0.4, -0.2) is 81.5 Å². The van der Waals surface area contributed by atoms with Crippen molar-refractivity contribution in [2.75, 3.05) is 39.4 Å². The van der Waals surface area contributed by atoms with Crippen molar-refractivity contribution in [1.82, 2.24) is 10.2 Å². The molecule has 3 rings (SSSR count). The number of aliphatic hydroxyl groups is 2. The van der Waals surface area contributed by atoms with Gasteiger partial charge in [-0.25, -0.2) is 9.59 Å². The Morgan fingerprint density at radius 2 is 1.38 bits per heavy atom. The molecule has 0 aliphatic carbocycles. The van der Waals surface area contributed by atoms with Gasteiger partial charge in [0.2, 0.25) is 0 Å². The number of aliphatic hydroxyl groups excluding tert-OH is 2. The Bertz CT molecular complexity index is 1490. The lowest BCUT2D eigenvalue weighted by molar-refractivity contribution is -0.402. The fourth-order valence-corrected chi connectivity index (χ4v) is 3.02. The summed E-state index contributed by atoms with van der Waals surface area (Å²) in [7, 11) is 0. The van der Waals surface area contributed by atoms with Gasteiger partial charge in [0.05, 0.1) is 30.3 Å². The number of carbonyl (C=O) groups is 2. The number of benzene rings is 1. The summed E-state index contributed by atoms with van der Waals surface area (Å²) in [5.41, 5.74) is -0.149. The summed E-state index contributed by atoms with van der Waals surface area (Å²) in [5.74, 6) is -0.581. The van der Waals surface area contributed by atoms with Gasteiger partial charge >= 0.3 is 24.0 Å². The molecule has 1 amide bonds. The molecule has 0 unspecified atom stereocenters. The number of hydrogen-bond donors (Lipinski definition) is 3. The van der Waals surface area contributed by atoms with Gasteiger partial charge in [-0.3, -0.25) is 30.3 Å². The van der Waals surface area contributed by atoms with E-state index in [1.807, 2.05) is 0 Å². The standard InChI is InChI=1S/C12H8N2O8.C11H14N2O6.C5H11NO/c15-12(20-7-10-5-6-11(21-10)14(18)19)22-9-3-1-8(2-4-9)13(16)17;1-2-5-12(6-7-14)11(15)18-8-9-3-4-10(19-9)13(16)17;1-2-3-6-4-5-7/h1-6H,7H2;2-4,14H,1,5-8H2;2,6-7H,1,3-5H2. The predicted octanol–water partition coefficient (Wildman–Crippen LogP) is 3.87. The maximum Gasteiger partial charge on any atom is 0.514 e. The molecule has 0 aliphatic heterocycles. The molecule has 20 heteroatoms. The highest BCUT2D eigenvalue weighted by molar-refractivity contribution is 5.67. The van der Waals surface area contributed by atoms with Crippen LogP contribution in [0.4, 0.5) is 27.0 Å². The van der Waals surface area contributed by atoms with E-state index in [4.69, 9.17) is 33.3 Å². The van der Waals surface area contributed by atoms with Crippen molar-refractivity contribution in [3.63, 3.8) is 0 Å². The number of non-ortho nitro benzene ring substituents is 1. The number of hydrogen-bond acceptors (Lipinski definition) is 16. The summed E-state index contributed by atoms with van der Waals surface area (Å²) < 4.78 is 24.0.